The van der Waals surface area contributed by atoms with Gasteiger partial charge in [-0.1, -0.05) is 0 Å². The number of thioether (sulfide) groups is 1. The number of sulfonamides is 1. The van der Waals surface area contributed by atoms with Crippen molar-refractivity contribution >= 4 is 27.7 Å². The average molecular weight is 361 g/mol. The average Bonchev–Trinajstić information content (AvgIpc) is 2.51. The quantitative estimate of drug-likeness (QED) is 0.513. The van der Waals surface area contributed by atoms with Crippen LogP contribution in [0.4, 0.5) is 0 Å². The van der Waals surface area contributed by atoms with Gasteiger partial charge in [-0.25, -0.2) is 13.6 Å². The molecule has 0 saturated carbocycles. The molecule has 7 nitrogen and oxygen atoms in total. The summed E-state index contributed by atoms with van der Waals surface area (Å²) in [5.41, 5.74) is 0. The Hall–Kier alpha value is -1.29. The second-order valence-electron chi connectivity index (χ2n) is 4.91. The Labute approximate surface area is 141 Å². The summed E-state index contributed by atoms with van der Waals surface area (Å²) >= 11 is 1.47. The minimum Gasteiger partial charge on any atom is -0.493 e. The van der Waals surface area contributed by atoms with Crippen LogP contribution in [0, 0.1) is 0 Å². The fourth-order valence-electron chi connectivity index (χ4n) is 1.53. The van der Waals surface area contributed by atoms with Gasteiger partial charge in [0, 0.05) is 18.3 Å². The molecule has 1 unspecified atom stereocenters. The molecular formula is C14H23N3O4S2. The van der Waals surface area contributed by atoms with Crippen LogP contribution in [0.2, 0.25) is 0 Å². The summed E-state index contributed by atoms with van der Waals surface area (Å²) in [7, 11) is -1.83. The molecule has 0 fully saturated rings. The van der Waals surface area contributed by atoms with E-state index in [1.165, 1.54) is 23.9 Å². The molecule has 0 saturated heterocycles. The zero-order valence-corrected chi connectivity index (χ0v) is 14.9. The topological polar surface area (TPSA) is 111 Å². The monoisotopic (exact) mass is 361 g/mol. The summed E-state index contributed by atoms with van der Waals surface area (Å²) in [4.78, 5) is 11.6. The van der Waals surface area contributed by atoms with Crippen molar-refractivity contribution in [2.24, 2.45) is 5.14 Å². The van der Waals surface area contributed by atoms with E-state index in [9.17, 15) is 13.2 Å². The normalized spacial score (nSPS) is 12.7. The van der Waals surface area contributed by atoms with E-state index < -0.39 is 10.0 Å². The van der Waals surface area contributed by atoms with Crippen molar-refractivity contribution in [3.05, 3.63) is 24.3 Å². The summed E-state index contributed by atoms with van der Waals surface area (Å²) in [6.45, 7) is 3.02. The minimum absolute atomic E-state index is 0.00500. The lowest BCUT2D eigenvalue weighted by molar-refractivity contribution is -0.118. The van der Waals surface area contributed by atoms with Crippen LogP contribution in [0.25, 0.3) is 0 Å². The standard InChI is InChI=1S/C14H23N3O4S2/c1-11(16-2)9-17-14(18)10-22-8-7-21-12-3-5-13(6-4-12)23(15,19)20/h3-6,11,16H,7-10H2,1-2H3,(H,17,18)(H2,15,19,20). The number of nitrogens with two attached hydrogens (primary N) is 1. The van der Waals surface area contributed by atoms with Crippen molar-refractivity contribution in [2.75, 3.05) is 31.7 Å². The zero-order valence-electron chi connectivity index (χ0n) is 13.2. The van der Waals surface area contributed by atoms with Gasteiger partial charge in [0.05, 0.1) is 17.3 Å². The molecule has 1 aromatic rings. The Morgan fingerprint density at radius 2 is 2.00 bits per heavy atom. The second-order valence-corrected chi connectivity index (χ2v) is 7.58. The van der Waals surface area contributed by atoms with Crippen LogP contribution in [0.3, 0.4) is 0 Å². The van der Waals surface area contributed by atoms with Gasteiger partial charge in [0.2, 0.25) is 15.9 Å². The SMILES string of the molecule is CNC(C)CNC(=O)CSCCOc1ccc(S(N)(=O)=O)cc1. The van der Waals surface area contributed by atoms with Gasteiger partial charge >= 0.3 is 0 Å². The number of primary sulfonamides is 1. The molecule has 0 aliphatic rings. The highest BCUT2D eigenvalue weighted by molar-refractivity contribution is 7.99. The van der Waals surface area contributed by atoms with Crippen LogP contribution < -0.4 is 20.5 Å². The fraction of sp³-hybridized carbons (Fsp3) is 0.500. The molecule has 0 aromatic heterocycles. The number of likely N-dealkylation sites (N-methyl/N-ethyl adjacent to an activating group) is 1. The Kier molecular flexibility index (Phi) is 8.38. The first-order valence-electron chi connectivity index (χ1n) is 7.10. The Balaban J connectivity index is 2.19. The number of benzene rings is 1. The molecule has 0 bridgehead atoms. The molecular weight excluding hydrogens is 338 g/mol. The second kappa shape index (κ2) is 9.76. The van der Waals surface area contributed by atoms with Crippen LogP contribution in [-0.4, -0.2) is 52.1 Å². The highest BCUT2D eigenvalue weighted by Gasteiger charge is 2.07. The highest BCUT2D eigenvalue weighted by atomic mass is 32.2. The third-order valence-electron chi connectivity index (χ3n) is 2.98. The van der Waals surface area contributed by atoms with Gasteiger partial charge in [-0.3, -0.25) is 4.79 Å². The van der Waals surface area contributed by atoms with E-state index in [4.69, 9.17) is 9.88 Å². The lowest BCUT2D eigenvalue weighted by Gasteiger charge is -2.11. The highest BCUT2D eigenvalue weighted by Crippen LogP contribution is 2.15. The number of carbonyl (C=O) groups excluding carboxylic acids is 1. The van der Waals surface area contributed by atoms with Gasteiger partial charge < -0.3 is 15.4 Å². The van der Waals surface area contributed by atoms with E-state index in [2.05, 4.69) is 10.6 Å². The predicted octanol–water partition coefficient (Wildman–Crippen LogP) is 0.170. The third-order valence-corrected chi connectivity index (χ3v) is 4.83. The van der Waals surface area contributed by atoms with Crippen molar-refractivity contribution in [3.63, 3.8) is 0 Å². The van der Waals surface area contributed by atoms with Crippen LogP contribution in [0.5, 0.6) is 5.75 Å². The number of hydrogen-bond acceptors (Lipinski definition) is 6. The minimum atomic E-state index is -3.68. The van der Waals surface area contributed by atoms with Gasteiger partial charge in [0.25, 0.3) is 0 Å². The molecule has 0 aliphatic heterocycles. The van der Waals surface area contributed by atoms with Crippen molar-refractivity contribution in [3.8, 4) is 5.75 Å². The lowest BCUT2D eigenvalue weighted by Crippen LogP contribution is -2.37. The molecule has 1 amide bonds. The van der Waals surface area contributed by atoms with Gasteiger partial charge in [-0.2, -0.15) is 0 Å². The third kappa shape index (κ3) is 8.21. The zero-order chi connectivity index (χ0) is 17.3. The molecule has 9 heteroatoms. The predicted molar refractivity (Wildman–Crippen MR) is 92.2 cm³/mol. The van der Waals surface area contributed by atoms with Gasteiger partial charge in [0.1, 0.15) is 5.75 Å². The largest absolute Gasteiger partial charge is 0.493 e. The van der Waals surface area contributed by atoms with Crippen molar-refractivity contribution < 1.29 is 17.9 Å². The van der Waals surface area contributed by atoms with Crippen molar-refractivity contribution in [1.29, 1.82) is 0 Å². The summed E-state index contributed by atoms with van der Waals surface area (Å²) < 4.78 is 27.7. The summed E-state index contributed by atoms with van der Waals surface area (Å²) in [6, 6.07) is 6.14. The Bertz CT molecular complexity index is 591. The fourth-order valence-corrected chi connectivity index (χ4v) is 2.68. The van der Waals surface area contributed by atoms with E-state index in [0.717, 1.165) is 0 Å². The van der Waals surface area contributed by atoms with Crippen LogP contribution >= 0.6 is 11.8 Å². The Morgan fingerprint density at radius 3 is 2.57 bits per heavy atom. The van der Waals surface area contributed by atoms with E-state index in [0.29, 0.717) is 30.4 Å². The maximum Gasteiger partial charge on any atom is 0.238 e. The molecule has 0 aliphatic carbocycles. The summed E-state index contributed by atoms with van der Waals surface area (Å²) in [6.07, 6.45) is 0. The molecule has 4 N–H and O–H groups in total. The number of ether oxygens (including phenoxy) is 1. The van der Waals surface area contributed by atoms with Crippen LogP contribution in [0.15, 0.2) is 29.2 Å². The Morgan fingerprint density at radius 1 is 1.35 bits per heavy atom. The van der Waals surface area contributed by atoms with Crippen molar-refractivity contribution in [2.45, 2.75) is 17.9 Å². The molecule has 0 spiro atoms. The van der Waals surface area contributed by atoms with E-state index >= 15 is 0 Å². The molecule has 1 aromatic carbocycles. The van der Waals surface area contributed by atoms with Gasteiger partial charge in [-0.05, 0) is 38.2 Å². The first-order valence-corrected chi connectivity index (χ1v) is 9.80. The maximum absolute atomic E-state index is 11.6. The smallest absolute Gasteiger partial charge is 0.238 e. The van der Waals surface area contributed by atoms with E-state index in [1.54, 1.807) is 12.1 Å². The van der Waals surface area contributed by atoms with E-state index in [1.807, 2.05) is 14.0 Å². The van der Waals surface area contributed by atoms with Gasteiger partial charge in [0.15, 0.2) is 0 Å². The number of hydrogen-bond donors (Lipinski definition) is 3. The summed E-state index contributed by atoms with van der Waals surface area (Å²) in [5, 5.41) is 10.9. The molecule has 1 rings (SSSR count). The maximum atomic E-state index is 11.6. The van der Waals surface area contributed by atoms with Crippen LogP contribution in [-0.2, 0) is 14.8 Å². The number of nitrogens with one attached hydrogen (secondary N) is 2. The lowest BCUT2D eigenvalue weighted by atomic mass is 10.3. The molecule has 130 valence electrons. The van der Waals surface area contributed by atoms with Crippen molar-refractivity contribution in [1.82, 2.24) is 10.6 Å². The van der Waals surface area contributed by atoms with E-state index in [-0.39, 0.29) is 16.8 Å². The number of amides is 1. The molecule has 0 radical (unpaired) electrons. The first-order chi connectivity index (χ1) is 10.8. The molecule has 1 atom stereocenters. The molecule has 23 heavy (non-hydrogen) atoms. The number of rotatable bonds is 10. The number of carbonyl (C=O) groups is 1. The van der Waals surface area contributed by atoms with Crippen LogP contribution in [0.1, 0.15) is 6.92 Å². The first kappa shape index (κ1) is 19.8. The van der Waals surface area contributed by atoms with Gasteiger partial charge in [-0.15, -0.1) is 11.8 Å². The molecule has 0 heterocycles. The summed E-state index contributed by atoms with van der Waals surface area (Å²) in [5.74, 6) is 1.59.